The van der Waals surface area contributed by atoms with E-state index in [9.17, 15) is 4.79 Å². The molecule has 1 aromatic heterocycles. The van der Waals surface area contributed by atoms with Crippen LogP contribution in [0.15, 0.2) is 54.9 Å². The largest absolute Gasteiger partial charge is 0.457 e. The Kier molecular flexibility index (Phi) is 7.06. The van der Waals surface area contributed by atoms with E-state index in [0.717, 1.165) is 49.5 Å². The van der Waals surface area contributed by atoms with Crippen LogP contribution in [0.3, 0.4) is 0 Å². The van der Waals surface area contributed by atoms with Crippen LogP contribution in [-0.2, 0) is 11.3 Å². The van der Waals surface area contributed by atoms with Crippen LogP contribution in [0.4, 0.5) is 0 Å². The summed E-state index contributed by atoms with van der Waals surface area (Å²) in [5.41, 5.74) is 1.09. The molecule has 2 aliphatic heterocycles. The topological polar surface area (TPSA) is 76.4 Å². The van der Waals surface area contributed by atoms with Gasteiger partial charge in [0, 0.05) is 31.2 Å². The van der Waals surface area contributed by atoms with Gasteiger partial charge in [0.15, 0.2) is 0 Å². The number of halogens is 1. The van der Waals surface area contributed by atoms with Gasteiger partial charge < -0.3 is 9.64 Å². The molecule has 3 aromatic rings. The number of aromatic nitrogens is 4. The van der Waals surface area contributed by atoms with Crippen LogP contribution in [-0.4, -0.2) is 61.6 Å². The van der Waals surface area contributed by atoms with E-state index in [1.54, 1.807) is 11.0 Å². The maximum atomic E-state index is 13.6. The molecule has 2 fully saturated rings. The summed E-state index contributed by atoms with van der Waals surface area (Å²) in [5.74, 6) is 1.72. The SMILES string of the molecule is O=C([C@@H]1C[C@@H](n2cnnn2)CN1Cc1cccc(Oc2ccc(Cl)cc2)c1)N1CCCCCC1. The predicted octanol–water partition coefficient (Wildman–Crippen LogP) is 4.34. The Labute approximate surface area is 204 Å². The van der Waals surface area contributed by atoms with Gasteiger partial charge in [-0.2, -0.15) is 0 Å². The maximum absolute atomic E-state index is 13.6. The molecule has 9 heteroatoms. The Morgan fingerprint density at radius 3 is 2.56 bits per heavy atom. The van der Waals surface area contributed by atoms with E-state index in [0.29, 0.717) is 18.0 Å². The summed E-state index contributed by atoms with van der Waals surface area (Å²) >= 11 is 5.98. The minimum Gasteiger partial charge on any atom is -0.457 e. The normalized spacial score (nSPS) is 21.4. The average molecular weight is 481 g/mol. The lowest BCUT2D eigenvalue weighted by Crippen LogP contribution is -2.45. The zero-order valence-corrected chi connectivity index (χ0v) is 19.8. The molecule has 0 spiro atoms. The molecule has 0 unspecified atom stereocenters. The first kappa shape index (κ1) is 22.8. The molecule has 178 valence electrons. The van der Waals surface area contributed by atoms with E-state index in [1.807, 2.05) is 42.5 Å². The molecule has 0 bridgehead atoms. The number of tetrazole rings is 1. The molecule has 2 atom stereocenters. The van der Waals surface area contributed by atoms with Crippen LogP contribution in [0.5, 0.6) is 11.5 Å². The fourth-order valence-corrected chi connectivity index (χ4v) is 5.05. The first-order chi connectivity index (χ1) is 16.7. The van der Waals surface area contributed by atoms with E-state index in [2.05, 4.69) is 31.4 Å². The highest BCUT2D eigenvalue weighted by Crippen LogP contribution is 2.31. The minimum absolute atomic E-state index is 0.0735. The molecule has 1 amide bonds. The first-order valence-electron chi connectivity index (χ1n) is 11.9. The number of benzene rings is 2. The predicted molar refractivity (Wildman–Crippen MR) is 129 cm³/mol. The third-order valence-corrected chi connectivity index (χ3v) is 6.91. The van der Waals surface area contributed by atoms with Gasteiger partial charge >= 0.3 is 0 Å². The number of likely N-dealkylation sites (tertiary alicyclic amines) is 2. The lowest BCUT2D eigenvalue weighted by atomic mass is 10.1. The highest BCUT2D eigenvalue weighted by molar-refractivity contribution is 6.30. The number of carbonyl (C=O) groups is 1. The lowest BCUT2D eigenvalue weighted by Gasteiger charge is -2.29. The van der Waals surface area contributed by atoms with E-state index in [-0.39, 0.29) is 18.0 Å². The van der Waals surface area contributed by atoms with Crippen molar-refractivity contribution in [3.05, 3.63) is 65.4 Å². The Hall–Kier alpha value is -2.97. The number of rotatable bonds is 6. The van der Waals surface area contributed by atoms with Gasteiger partial charge in [-0.3, -0.25) is 9.69 Å². The molecule has 8 nitrogen and oxygen atoms in total. The zero-order chi connectivity index (χ0) is 23.3. The van der Waals surface area contributed by atoms with Crippen molar-refractivity contribution >= 4 is 17.5 Å². The molecule has 3 heterocycles. The highest BCUT2D eigenvalue weighted by Gasteiger charge is 2.40. The first-order valence-corrected chi connectivity index (χ1v) is 12.3. The van der Waals surface area contributed by atoms with Gasteiger partial charge in [0.05, 0.1) is 12.1 Å². The van der Waals surface area contributed by atoms with Gasteiger partial charge in [-0.05, 0) is 71.7 Å². The van der Waals surface area contributed by atoms with Gasteiger partial charge in [0.1, 0.15) is 17.8 Å². The van der Waals surface area contributed by atoms with Crippen LogP contribution < -0.4 is 4.74 Å². The average Bonchev–Trinajstić information content (AvgIpc) is 3.44. The highest BCUT2D eigenvalue weighted by atomic mass is 35.5. The van der Waals surface area contributed by atoms with Crippen LogP contribution in [0.25, 0.3) is 0 Å². The summed E-state index contributed by atoms with van der Waals surface area (Å²) in [7, 11) is 0. The molecule has 0 radical (unpaired) electrons. The lowest BCUT2D eigenvalue weighted by molar-refractivity contribution is -0.136. The van der Waals surface area contributed by atoms with E-state index in [4.69, 9.17) is 16.3 Å². The fraction of sp³-hybridized carbons (Fsp3) is 0.440. The van der Waals surface area contributed by atoms with Crippen LogP contribution in [0.1, 0.15) is 43.7 Å². The third-order valence-electron chi connectivity index (χ3n) is 6.66. The molecular weight excluding hydrogens is 452 g/mol. The standard InChI is InChI=1S/C25H29ClN6O2/c26-20-8-10-22(11-9-20)34-23-7-5-6-19(14-23)16-31-17-21(32-18-27-28-29-32)15-24(31)25(33)30-12-3-1-2-4-13-30/h5-11,14,18,21,24H,1-4,12-13,15-17H2/t21-,24+/m1/s1. The summed E-state index contributed by atoms with van der Waals surface area (Å²) in [4.78, 5) is 17.9. The van der Waals surface area contributed by atoms with Gasteiger partial charge in [-0.1, -0.05) is 36.6 Å². The van der Waals surface area contributed by atoms with Crippen molar-refractivity contribution in [3.63, 3.8) is 0 Å². The third kappa shape index (κ3) is 5.39. The molecule has 2 saturated heterocycles. The minimum atomic E-state index is -0.187. The van der Waals surface area contributed by atoms with Crippen LogP contribution >= 0.6 is 11.6 Å². The van der Waals surface area contributed by atoms with Crippen molar-refractivity contribution in [1.29, 1.82) is 0 Å². The molecule has 0 N–H and O–H groups in total. The van der Waals surface area contributed by atoms with Crippen molar-refractivity contribution < 1.29 is 9.53 Å². The molecule has 0 aliphatic carbocycles. The number of hydrogen-bond acceptors (Lipinski definition) is 6. The second-order valence-corrected chi connectivity index (χ2v) is 9.50. The van der Waals surface area contributed by atoms with Gasteiger partial charge in [-0.25, -0.2) is 4.68 Å². The molecule has 2 aromatic carbocycles. The summed E-state index contributed by atoms with van der Waals surface area (Å²) in [5, 5.41) is 12.4. The van der Waals surface area contributed by atoms with Gasteiger partial charge in [0.25, 0.3) is 0 Å². The van der Waals surface area contributed by atoms with Gasteiger partial charge in [0.2, 0.25) is 5.91 Å². The molecule has 5 rings (SSSR count). The van der Waals surface area contributed by atoms with Crippen LogP contribution in [0.2, 0.25) is 5.02 Å². The second kappa shape index (κ2) is 10.5. The van der Waals surface area contributed by atoms with Crippen molar-refractivity contribution in [3.8, 4) is 11.5 Å². The molecule has 0 saturated carbocycles. The van der Waals surface area contributed by atoms with Crippen molar-refractivity contribution in [2.75, 3.05) is 19.6 Å². The van der Waals surface area contributed by atoms with Gasteiger partial charge in [-0.15, -0.1) is 5.10 Å². The van der Waals surface area contributed by atoms with Crippen molar-refractivity contribution in [2.45, 2.75) is 50.7 Å². The smallest absolute Gasteiger partial charge is 0.240 e. The summed E-state index contributed by atoms with van der Waals surface area (Å²) in [6.07, 6.45) is 6.92. The summed E-state index contributed by atoms with van der Waals surface area (Å²) in [6.45, 7) is 3.07. The molecule has 2 aliphatic rings. The number of amides is 1. The Bertz CT molecular complexity index is 1080. The maximum Gasteiger partial charge on any atom is 0.240 e. The van der Waals surface area contributed by atoms with Crippen molar-refractivity contribution in [2.24, 2.45) is 0 Å². The Morgan fingerprint density at radius 1 is 1.03 bits per heavy atom. The monoisotopic (exact) mass is 480 g/mol. The fourth-order valence-electron chi connectivity index (χ4n) is 4.92. The number of hydrogen-bond donors (Lipinski definition) is 0. The number of carbonyl (C=O) groups excluding carboxylic acids is 1. The van der Waals surface area contributed by atoms with Crippen LogP contribution in [0, 0.1) is 0 Å². The van der Waals surface area contributed by atoms with E-state index < -0.39 is 0 Å². The Morgan fingerprint density at radius 2 is 1.82 bits per heavy atom. The Balaban J connectivity index is 1.33. The van der Waals surface area contributed by atoms with E-state index in [1.165, 1.54) is 12.8 Å². The zero-order valence-electron chi connectivity index (χ0n) is 19.1. The van der Waals surface area contributed by atoms with Crippen molar-refractivity contribution in [1.82, 2.24) is 30.0 Å². The number of nitrogens with zero attached hydrogens (tertiary/aromatic N) is 6. The molecule has 34 heavy (non-hydrogen) atoms. The van der Waals surface area contributed by atoms with E-state index >= 15 is 0 Å². The summed E-state index contributed by atoms with van der Waals surface area (Å²) < 4.78 is 7.80. The quantitative estimate of drug-likeness (QED) is 0.522. The second-order valence-electron chi connectivity index (χ2n) is 9.07. The number of ether oxygens (including phenoxy) is 1. The summed E-state index contributed by atoms with van der Waals surface area (Å²) in [6, 6.07) is 15.2. The molecular formula is C25H29ClN6O2.